The molecule has 2 rings (SSSR count). The summed E-state index contributed by atoms with van der Waals surface area (Å²) >= 11 is 1.44. The third-order valence-electron chi connectivity index (χ3n) is 3.26. The number of carbonyl (C=O) groups is 1. The van der Waals surface area contributed by atoms with Crippen LogP contribution in [0, 0.1) is 6.92 Å². The third kappa shape index (κ3) is 4.83. The summed E-state index contributed by atoms with van der Waals surface area (Å²) in [5.74, 6) is 0.0783. The number of carbonyl (C=O) groups excluding carboxylic acids is 1. The van der Waals surface area contributed by atoms with Crippen molar-refractivity contribution in [2.45, 2.75) is 16.7 Å². The maximum Gasteiger partial charge on any atom is 0.242 e. The van der Waals surface area contributed by atoms with E-state index in [0.717, 1.165) is 14.8 Å². The highest BCUT2D eigenvalue weighted by Gasteiger charge is 2.17. The molecule has 0 spiro atoms. The second-order valence-electron chi connectivity index (χ2n) is 5.47. The molecule has 24 heavy (non-hydrogen) atoms. The van der Waals surface area contributed by atoms with E-state index in [0.29, 0.717) is 5.69 Å². The topological polar surface area (TPSA) is 66.5 Å². The Morgan fingerprint density at radius 3 is 2.50 bits per heavy atom. The average Bonchev–Trinajstić information content (AvgIpc) is 2.53. The minimum atomic E-state index is -3.52. The summed E-state index contributed by atoms with van der Waals surface area (Å²) in [6.45, 7) is 2.00. The van der Waals surface area contributed by atoms with Gasteiger partial charge in [-0.1, -0.05) is 23.8 Å². The van der Waals surface area contributed by atoms with E-state index in [-0.39, 0.29) is 16.6 Å². The molecule has 1 N–H and O–H groups in total. The first-order valence-corrected chi connectivity index (χ1v) is 9.73. The number of benzene rings is 2. The molecule has 0 heterocycles. The van der Waals surface area contributed by atoms with Gasteiger partial charge in [-0.05, 0) is 37.3 Å². The molecule has 0 aliphatic rings. The number of hydrogen-bond donors (Lipinski definition) is 1. The van der Waals surface area contributed by atoms with Crippen LogP contribution in [-0.2, 0) is 14.8 Å². The lowest BCUT2D eigenvalue weighted by Gasteiger charge is -2.12. The van der Waals surface area contributed by atoms with Crippen LogP contribution in [0.1, 0.15) is 5.56 Å². The van der Waals surface area contributed by atoms with Crippen LogP contribution in [-0.4, -0.2) is 38.5 Å². The molecule has 0 fully saturated rings. The van der Waals surface area contributed by atoms with Crippen molar-refractivity contribution in [3.63, 3.8) is 0 Å². The Morgan fingerprint density at radius 2 is 1.83 bits per heavy atom. The second-order valence-corrected chi connectivity index (χ2v) is 8.67. The Balaban J connectivity index is 2.02. The van der Waals surface area contributed by atoms with Crippen molar-refractivity contribution in [3.05, 3.63) is 54.1 Å². The van der Waals surface area contributed by atoms with E-state index in [2.05, 4.69) is 5.32 Å². The van der Waals surface area contributed by atoms with Gasteiger partial charge >= 0.3 is 0 Å². The summed E-state index contributed by atoms with van der Waals surface area (Å²) in [5.41, 5.74) is 1.61. The highest BCUT2D eigenvalue weighted by atomic mass is 32.2. The predicted molar refractivity (Wildman–Crippen MR) is 97.8 cm³/mol. The SMILES string of the molecule is Cc1cccc(SCC(=O)Nc2cccc(S(=O)(=O)N(C)C)c2)c1. The van der Waals surface area contributed by atoms with E-state index < -0.39 is 10.0 Å². The number of nitrogens with one attached hydrogen (secondary N) is 1. The largest absolute Gasteiger partial charge is 0.325 e. The number of nitrogens with zero attached hydrogens (tertiary/aromatic N) is 1. The van der Waals surface area contributed by atoms with Crippen molar-refractivity contribution in [1.82, 2.24) is 4.31 Å². The average molecular weight is 364 g/mol. The molecule has 0 aliphatic carbocycles. The van der Waals surface area contributed by atoms with Crippen molar-refractivity contribution >= 4 is 33.4 Å². The minimum Gasteiger partial charge on any atom is -0.325 e. The molecule has 0 unspecified atom stereocenters. The number of aryl methyl sites for hydroxylation is 1. The van der Waals surface area contributed by atoms with Crippen molar-refractivity contribution < 1.29 is 13.2 Å². The Bertz CT molecular complexity index is 833. The zero-order valence-corrected chi connectivity index (χ0v) is 15.4. The molecule has 0 atom stereocenters. The lowest BCUT2D eigenvalue weighted by Crippen LogP contribution is -2.22. The first-order valence-electron chi connectivity index (χ1n) is 7.31. The zero-order valence-electron chi connectivity index (χ0n) is 13.8. The summed E-state index contributed by atoms with van der Waals surface area (Å²) in [6.07, 6.45) is 0. The molecule has 2 aromatic rings. The van der Waals surface area contributed by atoms with Gasteiger partial charge in [-0.25, -0.2) is 12.7 Å². The molecule has 0 aliphatic heterocycles. The van der Waals surface area contributed by atoms with Crippen molar-refractivity contribution in [2.75, 3.05) is 25.2 Å². The van der Waals surface area contributed by atoms with Crippen LogP contribution in [0.2, 0.25) is 0 Å². The van der Waals surface area contributed by atoms with Gasteiger partial charge in [0, 0.05) is 24.7 Å². The van der Waals surface area contributed by atoms with E-state index in [9.17, 15) is 13.2 Å². The second kappa shape index (κ2) is 7.83. The van der Waals surface area contributed by atoms with Gasteiger partial charge < -0.3 is 5.32 Å². The monoisotopic (exact) mass is 364 g/mol. The number of thioether (sulfide) groups is 1. The molecule has 128 valence electrons. The fourth-order valence-corrected chi connectivity index (χ4v) is 3.76. The third-order valence-corrected chi connectivity index (χ3v) is 6.06. The van der Waals surface area contributed by atoms with Gasteiger partial charge in [0.15, 0.2) is 0 Å². The number of rotatable bonds is 6. The zero-order chi connectivity index (χ0) is 17.7. The van der Waals surface area contributed by atoms with Crippen LogP contribution < -0.4 is 5.32 Å². The van der Waals surface area contributed by atoms with Crippen LogP contribution in [0.3, 0.4) is 0 Å². The van der Waals surface area contributed by atoms with E-state index in [1.54, 1.807) is 12.1 Å². The summed E-state index contributed by atoms with van der Waals surface area (Å²) in [7, 11) is -0.576. The fourth-order valence-electron chi connectivity index (χ4n) is 2.00. The molecule has 0 saturated heterocycles. The maximum atomic E-state index is 12.1. The molecule has 0 bridgehead atoms. The van der Waals surface area contributed by atoms with Gasteiger partial charge in [-0.2, -0.15) is 0 Å². The van der Waals surface area contributed by atoms with Crippen LogP contribution in [0.15, 0.2) is 58.3 Å². The van der Waals surface area contributed by atoms with E-state index in [1.165, 1.54) is 38.0 Å². The summed E-state index contributed by atoms with van der Waals surface area (Å²) in [6, 6.07) is 14.2. The van der Waals surface area contributed by atoms with Crippen molar-refractivity contribution in [3.8, 4) is 0 Å². The minimum absolute atomic E-state index is 0.150. The Morgan fingerprint density at radius 1 is 1.12 bits per heavy atom. The summed E-state index contributed by atoms with van der Waals surface area (Å²) in [4.78, 5) is 13.2. The number of sulfonamides is 1. The lowest BCUT2D eigenvalue weighted by atomic mass is 10.2. The molecule has 0 saturated carbocycles. The molecule has 0 aromatic heterocycles. The molecule has 0 radical (unpaired) electrons. The van der Waals surface area contributed by atoms with Crippen LogP contribution in [0.5, 0.6) is 0 Å². The first-order chi connectivity index (χ1) is 11.3. The van der Waals surface area contributed by atoms with Gasteiger partial charge in [-0.15, -0.1) is 11.8 Å². The molecule has 5 nitrogen and oxygen atoms in total. The predicted octanol–water partition coefficient (Wildman–Crippen LogP) is 2.98. The Kier molecular flexibility index (Phi) is 6.04. The highest BCUT2D eigenvalue weighted by molar-refractivity contribution is 8.00. The maximum absolute atomic E-state index is 12.1. The van der Waals surface area contributed by atoms with E-state index >= 15 is 0 Å². The molecule has 1 amide bonds. The van der Waals surface area contributed by atoms with E-state index in [4.69, 9.17) is 0 Å². The molecule has 2 aromatic carbocycles. The molecular weight excluding hydrogens is 344 g/mol. The quantitative estimate of drug-likeness (QED) is 0.800. The van der Waals surface area contributed by atoms with Gasteiger partial charge in [0.25, 0.3) is 0 Å². The Hall–Kier alpha value is -1.83. The van der Waals surface area contributed by atoms with Crippen molar-refractivity contribution in [2.24, 2.45) is 0 Å². The van der Waals surface area contributed by atoms with Crippen LogP contribution in [0.25, 0.3) is 0 Å². The molecular formula is C17H20N2O3S2. The first kappa shape index (κ1) is 18.5. The number of anilines is 1. The van der Waals surface area contributed by atoms with Gasteiger partial charge in [0.2, 0.25) is 15.9 Å². The molecule has 7 heteroatoms. The standard InChI is InChI=1S/C17H20N2O3S2/c1-13-6-4-8-15(10-13)23-12-17(20)18-14-7-5-9-16(11-14)24(21,22)19(2)3/h4-11H,12H2,1-3H3,(H,18,20). The summed E-state index contributed by atoms with van der Waals surface area (Å²) in [5, 5.41) is 2.74. The van der Waals surface area contributed by atoms with Gasteiger partial charge in [-0.3, -0.25) is 4.79 Å². The Labute approximate surface area is 147 Å². The van der Waals surface area contributed by atoms with Gasteiger partial charge in [0.1, 0.15) is 0 Å². The normalized spacial score (nSPS) is 11.5. The summed E-state index contributed by atoms with van der Waals surface area (Å²) < 4.78 is 25.4. The fraction of sp³-hybridized carbons (Fsp3) is 0.235. The highest BCUT2D eigenvalue weighted by Crippen LogP contribution is 2.21. The van der Waals surface area contributed by atoms with Crippen LogP contribution >= 0.6 is 11.8 Å². The van der Waals surface area contributed by atoms with Crippen molar-refractivity contribution in [1.29, 1.82) is 0 Å². The lowest BCUT2D eigenvalue weighted by molar-refractivity contribution is -0.113. The van der Waals surface area contributed by atoms with Crippen LogP contribution in [0.4, 0.5) is 5.69 Å². The number of hydrogen-bond acceptors (Lipinski definition) is 4. The smallest absolute Gasteiger partial charge is 0.242 e. The van der Waals surface area contributed by atoms with Gasteiger partial charge in [0.05, 0.1) is 10.6 Å². The van der Waals surface area contributed by atoms with E-state index in [1.807, 2.05) is 31.2 Å². The number of amides is 1.